The second-order valence-corrected chi connectivity index (χ2v) is 9.59. The van der Waals surface area contributed by atoms with Crippen LogP contribution in [0.15, 0.2) is 40.6 Å². The molecule has 4 N–H and O–H groups in total. The number of hydrogen-bond acceptors (Lipinski definition) is 12. The van der Waals surface area contributed by atoms with Gasteiger partial charge in [-0.05, 0) is 18.2 Å². The van der Waals surface area contributed by atoms with Gasteiger partial charge in [0, 0.05) is 12.0 Å². The first-order valence-electron chi connectivity index (χ1n) is 9.56. The summed E-state index contributed by atoms with van der Waals surface area (Å²) in [6, 6.07) is 7.51. The molecule has 2 aromatic heterocycles. The molecule has 33 heavy (non-hydrogen) atoms. The maximum atomic E-state index is 9.90. The molecule has 0 amide bonds. The zero-order valence-electron chi connectivity index (χ0n) is 19.1. The first-order valence-corrected chi connectivity index (χ1v) is 11.9. The van der Waals surface area contributed by atoms with Crippen molar-refractivity contribution >= 4 is 36.9 Å². The Kier molecular flexibility index (Phi) is 7.49. The molecule has 2 fully saturated rings. The summed E-state index contributed by atoms with van der Waals surface area (Å²) in [5.74, 6) is 0.924. The van der Waals surface area contributed by atoms with Gasteiger partial charge in [-0.2, -0.15) is 14.3 Å². The Morgan fingerprint density at radius 3 is 2.88 bits per heavy atom. The fraction of sp³-hybridized carbons (Fsp3) is 0.389. The molecule has 12 nitrogen and oxygen atoms in total. The van der Waals surface area contributed by atoms with Gasteiger partial charge in [-0.1, -0.05) is 17.8 Å². The van der Waals surface area contributed by atoms with Crippen molar-refractivity contribution in [2.24, 2.45) is 0 Å². The van der Waals surface area contributed by atoms with Crippen molar-refractivity contribution in [1.29, 1.82) is 0 Å². The molecule has 2 saturated heterocycles. The van der Waals surface area contributed by atoms with Gasteiger partial charge in [0.2, 0.25) is 0 Å². The van der Waals surface area contributed by atoms with Crippen LogP contribution in [0.1, 0.15) is 7.65 Å². The van der Waals surface area contributed by atoms with Gasteiger partial charge < -0.3 is 21.4 Å². The van der Waals surface area contributed by atoms with E-state index in [9.17, 15) is 9.79 Å². The van der Waals surface area contributed by atoms with Crippen LogP contribution >= 0.6 is 19.9 Å². The van der Waals surface area contributed by atoms with Crippen molar-refractivity contribution in [2.75, 3.05) is 26.6 Å². The number of hydrogen-bond donors (Lipinski definition) is 3. The Bertz CT molecular complexity index is 1160. The largest absolute Gasteiger partial charge is 1.00 e. The van der Waals surface area contributed by atoms with Crippen LogP contribution in [0, 0.1) is 0 Å². The Hall–Kier alpha value is -1.09. The number of nitrogens with zero attached hydrogens (tertiary/aromatic N) is 4. The topological polar surface area (TPSA) is 156 Å². The molecule has 15 heteroatoms. The SMILES string of the molecule is COc1cccc(Sc2nc3c(N)ncnc3n2[C@@H]2O[C@@H]3CO[P+](O)(O)O[C@H]3C2OC)c1.[H-].[Na+]. The summed E-state index contributed by atoms with van der Waals surface area (Å²) in [6.45, 7) is -0.0517. The van der Waals surface area contributed by atoms with E-state index in [2.05, 4.69) is 15.0 Å². The van der Waals surface area contributed by atoms with E-state index in [0.717, 1.165) is 4.90 Å². The fourth-order valence-electron chi connectivity index (χ4n) is 3.77. The normalized spacial score (nSPS) is 26.1. The van der Waals surface area contributed by atoms with Gasteiger partial charge >= 0.3 is 37.7 Å². The number of ether oxygens (including phenoxy) is 3. The van der Waals surface area contributed by atoms with Gasteiger partial charge in [-0.3, -0.25) is 4.57 Å². The van der Waals surface area contributed by atoms with Crippen molar-refractivity contribution in [1.82, 2.24) is 19.5 Å². The standard InChI is InChI=1S/C18H21N5O7PS.Na.H/c1-26-9-4-3-5-10(6-9)32-18-22-12-15(19)20-8-21-16(12)23(18)17-14(27-2)13-11(29-17)7-28-31(24,25)30-13;;/h3-6,8,11,13-14,17,24-25H,7H2,1-2H3,(H2,19,20,21);;/q2*+1;-1/t11-,13-,14?,17-;;/m1../s1. The smallest absolute Gasteiger partial charge is 1.00 e. The number of rotatable bonds is 5. The number of methoxy groups -OCH3 is 2. The third-order valence-electron chi connectivity index (χ3n) is 5.20. The molecule has 3 aromatic rings. The minimum atomic E-state index is -3.94. The van der Waals surface area contributed by atoms with Crippen LogP contribution in [0.3, 0.4) is 0 Å². The number of imidazole rings is 1. The van der Waals surface area contributed by atoms with Crippen LogP contribution < -0.4 is 40.0 Å². The van der Waals surface area contributed by atoms with Gasteiger partial charge in [-0.25, -0.2) is 15.0 Å². The molecule has 4 heterocycles. The maximum absolute atomic E-state index is 9.90. The molecular formula is C18H22N5NaO7PS+. The predicted molar refractivity (Wildman–Crippen MR) is 115 cm³/mol. The fourth-order valence-corrected chi connectivity index (χ4v) is 5.70. The Morgan fingerprint density at radius 2 is 2.12 bits per heavy atom. The van der Waals surface area contributed by atoms with Crippen LogP contribution in [0.2, 0.25) is 0 Å². The Labute approximate surface area is 217 Å². The van der Waals surface area contributed by atoms with Crippen LogP contribution in [0.25, 0.3) is 11.2 Å². The molecule has 0 aliphatic carbocycles. The molecule has 1 aromatic carbocycles. The van der Waals surface area contributed by atoms with Crippen molar-refractivity contribution < 1.29 is 64.0 Å². The van der Waals surface area contributed by atoms with E-state index in [1.165, 1.54) is 25.2 Å². The van der Waals surface area contributed by atoms with E-state index in [-0.39, 0.29) is 43.4 Å². The number of fused-ring (bicyclic) bond motifs is 2. The van der Waals surface area contributed by atoms with Gasteiger partial charge in [0.15, 0.2) is 34.5 Å². The molecular weight excluding hydrogens is 484 g/mol. The van der Waals surface area contributed by atoms with Gasteiger partial charge in [0.1, 0.15) is 30.9 Å². The number of benzene rings is 1. The van der Waals surface area contributed by atoms with E-state index >= 15 is 0 Å². The van der Waals surface area contributed by atoms with Gasteiger partial charge in [0.25, 0.3) is 0 Å². The van der Waals surface area contributed by atoms with Gasteiger partial charge in [-0.15, -0.1) is 4.52 Å². The van der Waals surface area contributed by atoms with Crippen molar-refractivity contribution in [3.05, 3.63) is 30.6 Å². The summed E-state index contributed by atoms with van der Waals surface area (Å²) in [6.07, 6.45) is -1.43. The van der Waals surface area contributed by atoms with Gasteiger partial charge in [0.05, 0.1) is 7.11 Å². The maximum Gasteiger partial charge on any atom is 1.00 e. The van der Waals surface area contributed by atoms with Crippen LogP contribution in [-0.4, -0.2) is 68.4 Å². The summed E-state index contributed by atoms with van der Waals surface area (Å²) in [5, 5.41) is 0.529. The quantitative estimate of drug-likeness (QED) is 0.277. The van der Waals surface area contributed by atoms with E-state index in [0.29, 0.717) is 22.1 Å². The number of nitrogens with two attached hydrogens (primary N) is 1. The average molecular weight is 506 g/mol. The molecule has 2 aliphatic rings. The third-order valence-corrected chi connectivity index (χ3v) is 7.17. The van der Waals surface area contributed by atoms with E-state index < -0.39 is 32.7 Å². The summed E-state index contributed by atoms with van der Waals surface area (Å²) in [7, 11) is -0.850. The van der Waals surface area contributed by atoms with E-state index in [1.807, 2.05) is 24.3 Å². The molecule has 0 spiro atoms. The molecule has 172 valence electrons. The molecule has 0 radical (unpaired) electrons. The second-order valence-electron chi connectivity index (χ2n) is 7.10. The summed E-state index contributed by atoms with van der Waals surface area (Å²) in [5.41, 5.74) is 6.92. The molecule has 5 rings (SSSR count). The van der Waals surface area contributed by atoms with Crippen LogP contribution in [-0.2, 0) is 18.5 Å². The minimum Gasteiger partial charge on any atom is -1.00 e. The Balaban J connectivity index is 0.00000162. The number of anilines is 1. The third kappa shape index (κ3) is 4.73. The van der Waals surface area contributed by atoms with Crippen molar-refractivity contribution in [3.63, 3.8) is 0 Å². The summed E-state index contributed by atoms with van der Waals surface area (Å²) >= 11 is 1.36. The first kappa shape index (κ1) is 25.0. The first-order chi connectivity index (χ1) is 15.4. The molecule has 1 unspecified atom stereocenters. The zero-order chi connectivity index (χ0) is 22.5. The molecule has 2 aliphatic heterocycles. The average Bonchev–Trinajstić information content (AvgIpc) is 3.30. The van der Waals surface area contributed by atoms with Crippen LogP contribution in [0.5, 0.6) is 5.75 Å². The summed E-state index contributed by atoms with van der Waals surface area (Å²) < 4.78 is 29.3. The molecule has 0 bridgehead atoms. The second kappa shape index (κ2) is 9.88. The zero-order valence-corrected chi connectivity index (χ0v) is 21.8. The summed E-state index contributed by atoms with van der Waals surface area (Å²) in [4.78, 5) is 33.7. The number of nitrogen functional groups attached to an aromatic ring is 1. The predicted octanol–water partition coefficient (Wildman–Crippen LogP) is -1.33. The monoisotopic (exact) mass is 506 g/mol. The van der Waals surface area contributed by atoms with Crippen molar-refractivity contribution in [3.8, 4) is 5.75 Å². The Morgan fingerprint density at radius 1 is 1.30 bits per heavy atom. The molecule has 4 atom stereocenters. The van der Waals surface area contributed by atoms with Crippen LogP contribution in [0.4, 0.5) is 5.82 Å². The number of aromatic nitrogens is 4. The van der Waals surface area contributed by atoms with Crippen molar-refractivity contribution in [2.45, 2.75) is 34.6 Å². The van der Waals surface area contributed by atoms with E-state index in [1.54, 1.807) is 11.7 Å². The molecule has 0 saturated carbocycles. The minimum absolute atomic E-state index is 0. The van der Waals surface area contributed by atoms with E-state index in [4.69, 9.17) is 29.0 Å².